The molecule has 1 amide bonds. The van der Waals surface area contributed by atoms with Gasteiger partial charge in [0.2, 0.25) is 5.96 Å². The highest BCUT2D eigenvalue weighted by molar-refractivity contribution is 7.99. The van der Waals surface area contributed by atoms with Crippen molar-refractivity contribution in [3.05, 3.63) is 89.5 Å². The Balaban J connectivity index is 1.39. The van der Waals surface area contributed by atoms with Gasteiger partial charge in [0.25, 0.3) is 5.91 Å². The van der Waals surface area contributed by atoms with Crippen LogP contribution in [0, 0.1) is 0 Å². The number of hydrogen-bond donors (Lipinski definition) is 0. The van der Waals surface area contributed by atoms with E-state index in [-0.39, 0.29) is 18.0 Å². The first kappa shape index (κ1) is 25.3. The van der Waals surface area contributed by atoms with E-state index >= 15 is 0 Å². The topological polar surface area (TPSA) is 66.1 Å². The third-order valence-electron chi connectivity index (χ3n) is 7.40. The van der Waals surface area contributed by atoms with Crippen LogP contribution in [0.2, 0.25) is 0 Å². The van der Waals surface area contributed by atoms with Gasteiger partial charge in [0.05, 0.1) is 24.3 Å². The highest BCUT2D eigenvalue weighted by Gasteiger charge is 2.49. The molecule has 0 radical (unpaired) electrons. The highest BCUT2D eigenvalue weighted by Crippen LogP contribution is 2.44. The first-order valence-corrected chi connectivity index (χ1v) is 13.9. The van der Waals surface area contributed by atoms with Crippen LogP contribution in [-0.4, -0.2) is 59.1 Å². The third kappa shape index (κ3) is 4.61. The van der Waals surface area contributed by atoms with Gasteiger partial charge in [0.1, 0.15) is 17.3 Å². The molecule has 6 rings (SSSR count). The monoisotopic (exact) mass is 540 g/mol. The van der Waals surface area contributed by atoms with Crippen molar-refractivity contribution >= 4 is 41.9 Å². The van der Waals surface area contributed by atoms with Crippen LogP contribution in [0.1, 0.15) is 40.7 Å². The summed E-state index contributed by atoms with van der Waals surface area (Å²) in [5, 5.41) is 5.88. The lowest BCUT2D eigenvalue weighted by molar-refractivity contribution is 0.0861. The van der Waals surface area contributed by atoms with E-state index in [4.69, 9.17) is 10.1 Å². The fraction of sp³-hybridized carbons (Fsp3) is 0.267. The van der Waals surface area contributed by atoms with Gasteiger partial charge in [-0.05, 0) is 49.8 Å². The number of halogens is 1. The molecule has 3 aromatic rings. The van der Waals surface area contributed by atoms with E-state index in [1.165, 1.54) is 6.08 Å². The zero-order valence-corrected chi connectivity index (χ0v) is 22.5. The van der Waals surface area contributed by atoms with Crippen molar-refractivity contribution < 1.29 is 9.18 Å². The molecular formula is C30H29FN6OS. The van der Waals surface area contributed by atoms with E-state index in [0.717, 1.165) is 40.3 Å². The van der Waals surface area contributed by atoms with E-state index in [2.05, 4.69) is 16.6 Å². The Labute approximate surface area is 231 Å². The molecule has 3 aliphatic rings. The normalized spacial score (nSPS) is 20.3. The summed E-state index contributed by atoms with van der Waals surface area (Å²) in [6.07, 6.45) is 8.02. The minimum absolute atomic E-state index is 0.0758. The molecule has 2 unspecified atom stereocenters. The minimum Gasteiger partial charge on any atom is -0.289 e. The summed E-state index contributed by atoms with van der Waals surface area (Å²) in [6, 6.07) is 18.5. The number of carbonyl (C=O) groups is 1. The summed E-state index contributed by atoms with van der Waals surface area (Å²) < 4.78 is 14.4. The van der Waals surface area contributed by atoms with Crippen LogP contribution in [0.3, 0.4) is 0 Å². The number of alkyl halides is 1. The van der Waals surface area contributed by atoms with E-state index in [1.807, 2.05) is 66.3 Å². The number of anilines is 1. The minimum atomic E-state index is -0.526. The number of amides is 1. The van der Waals surface area contributed by atoms with Crippen molar-refractivity contribution in [1.82, 2.24) is 14.7 Å². The summed E-state index contributed by atoms with van der Waals surface area (Å²) >= 11 is 1.56. The maximum Gasteiger partial charge on any atom is 0.266 e. The molecule has 0 saturated heterocycles. The summed E-state index contributed by atoms with van der Waals surface area (Å²) in [5.74, 6) is 1.35. The average molecular weight is 541 g/mol. The Kier molecular flexibility index (Phi) is 6.91. The van der Waals surface area contributed by atoms with Crippen LogP contribution in [0.5, 0.6) is 0 Å². The number of rotatable bonds is 8. The summed E-state index contributed by atoms with van der Waals surface area (Å²) in [5.41, 5.74) is 3.22. The molecule has 198 valence electrons. The van der Waals surface area contributed by atoms with Crippen LogP contribution in [-0.2, 0) is 6.54 Å². The molecule has 7 nitrogen and oxygen atoms in total. The molecule has 3 heterocycles. The molecule has 39 heavy (non-hydrogen) atoms. The first-order chi connectivity index (χ1) is 19.1. The SMILES string of the molecule is C=N/C(=C\C=C/CF)c1ccc(Cn2nc3c(c2Sc2ccccc2)C(=O)N(C)C2=NC4CCCC4N23)cc1. The van der Waals surface area contributed by atoms with E-state index in [1.54, 1.807) is 28.8 Å². The lowest BCUT2D eigenvalue weighted by Gasteiger charge is -2.34. The van der Waals surface area contributed by atoms with Gasteiger partial charge in [-0.15, -0.1) is 0 Å². The summed E-state index contributed by atoms with van der Waals surface area (Å²) in [4.78, 5) is 27.6. The predicted octanol–water partition coefficient (Wildman–Crippen LogP) is 5.83. The molecule has 1 aliphatic carbocycles. The lowest BCUT2D eigenvalue weighted by Crippen LogP contribution is -2.51. The van der Waals surface area contributed by atoms with Crippen LogP contribution >= 0.6 is 11.8 Å². The van der Waals surface area contributed by atoms with Crippen molar-refractivity contribution in [3.8, 4) is 0 Å². The molecule has 0 bridgehead atoms. The zero-order valence-electron chi connectivity index (χ0n) is 21.7. The molecule has 0 N–H and O–H groups in total. The highest BCUT2D eigenvalue weighted by atomic mass is 32.2. The fourth-order valence-electron chi connectivity index (χ4n) is 5.50. The number of fused-ring (bicyclic) bond motifs is 5. The lowest BCUT2D eigenvalue weighted by atomic mass is 10.1. The van der Waals surface area contributed by atoms with Crippen molar-refractivity contribution in [2.24, 2.45) is 9.98 Å². The van der Waals surface area contributed by atoms with Gasteiger partial charge in [0, 0.05) is 17.5 Å². The Morgan fingerprint density at radius 2 is 1.97 bits per heavy atom. The molecule has 1 fully saturated rings. The van der Waals surface area contributed by atoms with E-state index in [0.29, 0.717) is 29.6 Å². The Morgan fingerprint density at radius 1 is 1.18 bits per heavy atom. The van der Waals surface area contributed by atoms with Crippen molar-refractivity contribution in [2.45, 2.75) is 47.8 Å². The molecule has 0 spiro atoms. The second-order valence-corrected chi connectivity index (χ2v) is 10.9. The van der Waals surface area contributed by atoms with E-state index < -0.39 is 6.67 Å². The van der Waals surface area contributed by atoms with Crippen molar-refractivity contribution in [3.63, 3.8) is 0 Å². The Bertz CT molecular complexity index is 1490. The number of hydrogen-bond acceptors (Lipinski definition) is 6. The molecular weight excluding hydrogens is 511 g/mol. The van der Waals surface area contributed by atoms with Gasteiger partial charge in [-0.3, -0.25) is 24.3 Å². The zero-order chi connectivity index (χ0) is 26.9. The predicted molar refractivity (Wildman–Crippen MR) is 154 cm³/mol. The average Bonchev–Trinajstić information content (AvgIpc) is 3.65. The van der Waals surface area contributed by atoms with Crippen LogP contribution in [0.4, 0.5) is 10.2 Å². The molecule has 2 atom stereocenters. The van der Waals surface area contributed by atoms with Crippen LogP contribution < -0.4 is 4.90 Å². The molecule has 9 heteroatoms. The maximum atomic E-state index is 13.7. The van der Waals surface area contributed by atoms with Crippen molar-refractivity contribution in [1.29, 1.82) is 0 Å². The second kappa shape index (κ2) is 10.6. The third-order valence-corrected chi connectivity index (χ3v) is 8.51. The standard InChI is InChI=1S/C30H29FN6OS/c1-32-23(11-6-7-18-31)21-16-14-20(15-17-21)19-36-29(39-22-9-4-3-5-10-22)26-27(34-36)37-25-13-8-12-24(25)33-30(37)35(2)28(26)38/h3-7,9-11,14-17,24-25H,1,8,12-13,18-19H2,2H3/b7-6-,23-11-. The molecule has 1 aromatic heterocycles. The van der Waals surface area contributed by atoms with Gasteiger partial charge >= 0.3 is 0 Å². The Hall–Kier alpha value is -3.98. The number of aliphatic imine (C=N–C) groups is 2. The largest absolute Gasteiger partial charge is 0.289 e. The van der Waals surface area contributed by atoms with Gasteiger partial charge < -0.3 is 0 Å². The van der Waals surface area contributed by atoms with Gasteiger partial charge in [-0.1, -0.05) is 66.4 Å². The van der Waals surface area contributed by atoms with E-state index in [9.17, 15) is 9.18 Å². The molecule has 2 aliphatic heterocycles. The number of allylic oxidation sites excluding steroid dienone is 3. The quantitative estimate of drug-likeness (QED) is 0.266. The number of guanidine groups is 1. The number of nitrogens with zero attached hydrogens (tertiary/aromatic N) is 6. The number of aromatic nitrogens is 2. The van der Waals surface area contributed by atoms with Gasteiger partial charge in [0.15, 0.2) is 5.82 Å². The van der Waals surface area contributed by atoms with Crippen molar-refractivity contribution in [2.75, 3.05) is 18.6 Å². The van der Waals surface area contributed by atoms with Gasteiger partial charge in [-0.2, -0.15) is 5.10 Å². The Morgan fingerprint density at radius 3 is 2.72 bits per heavy atom. The molecule has 1 saturated carbocycles. The second-order valence-electron chi connectivity index (χ2n) is 9.79. The summed E-state index contributed by atoms with van der Waals surface area (Å²) in [6.45, 7) is 3.61. The summed E-state index contributed by atoms with van der Waals surface area (Å²) in [7, 11) is 1.81. The number of carbonyl (C=O) groups excluding carboxylic acids is 1. The number of benzene rings is 2. The smallest absolute Gasteiger partial charge is 0.266 e. The molecule has 2 aromatic carbocycles. The maximum absolute atomic E-state index is 13.7. The van der Waals surface area contributed by atoms with Crippen LogP contribution in [0.25, 0.3) is 5.70 Å². The fourth-order valence-corrected chi connectivity index (χ4v) is 6.50. The first-order valence-electron chi connectivity index (χ1n) is 13.1. The van der Waals surface area contributed by atoms with Gasteiger partial charge in [-0.25, -0.2) is 9.38 Å². The van der Waals surface area contributed by atoms with Crippen LogP contribution in [0.15, 0.2) is 92.7 Å².